The van der Waals surface area contributed by atoms with Crippen molar-refractivity contribution in [1.82, 2.24) is 0 Å². The van der Waals surface area contributed by atoms with Gasteiger partial charge >= 0.3 is 6.18 Å². The monoisotopic (exact) mass is 352 g/mol. The molecule has 0 heterocycles. The minimum absolute atomic E-state index is 0.0587. The van der Waals surface area contributed by atoms with E-state index in [9.17, 15) is 23.1 Å². The van der Waals surface area contributed by atoms with Gasteiger partial charge in [0.1, 0.15) is 0 Å². The highest BCUT2D eigenvalue weighted by Crippen LogP contribution is 2.35. The first-order valence-corrected chi connectivity index (χ1v) is 7.64. The molecule has 0 aliphatic carbocycles. The van der Waals surface area contributed by atoms with Crippen LogP contribution in [0.4, 0.5) is 24.5 Å². The van der Waals surface area contributed by atoms with Gasteiger partial charge in [0.25, 0.3) is 0 Å². The Labute approximate surface area is 143 Å². The number of benzene rings is 2. The number of halogens is 3. The first-order chi connectivity index (χ1) is 11.7. The number of aryl methyl sites for hydroxylation is 1. The van der Waals surface area contributed by atoms with E-state index in [1.54, 1.807) is 12.1 Å². The van der Waals surface area contributed by atoms with E-state index < -0.39 is 18.2 Å². The van der Waals surface area contributed by atoms with Gasteiger partial charge in [-0.3, -0.25) is 4.79 Å². The lowest BCUT2D eigenvalue weighted by atomic mass is 10.1. The Morgan fingerprint density at radius 1 is 1.08 bits per heavy atom. The smallest absolute Gasteiger partial charge is 0.379 e. The van der Waals surface area contributed by atoms with Crippen LogP contribution in [0, 0.1) is 13.8 Å². The van der Waals surface area contributed by atoms with E-state index in [1.165, 1.54) is 24.3 Å². The maximum absolute atomic E-state index is 12.7. The Morgan fingerprint density at radius 3 is 2.40 bits per heavy atom. The number of amides is 1. The normalized spacial score (nSPS) is 12.6. The summed E-state index contributed by atoms with van der Waals surface area (Å²) in [6.45, 7) is 3.56. The van der Waals surface area contributed by atoms with E-state index >= 15 is 0 Å². The Morgan fingerprint density at radius 2 is 1.72 bits per heavy atom. The summed E-state index contributed by atoms with van der Waals surface area (Å²) in [6.07, 6.45) is -7.39. The van der Waals surface area contributed by atoms with Crippen LogP contribution in [0.3, 0.4) is 0 Å². The molecule has 7 heteroatoms. The van der Waals surface area contributed by atoms with Gasteiger partial charge in [0.15, 0.2) is 6.10 Å². The summed E-state index contributed by atoms with van der Waals surface area (Å²) in [4.78, 5) is 12.1. The molecular weight excluding hydrogens is 333 g/mol. The quantitative estimate of drug-likeness (QED) is 0.764. The van der Waals surface area contributed by atoms with Crippen LogP contribution < -0.4 is 10.6 Å². The van der Waals surface area contributed by atoms with Crippen molar-refractivity contribution in [2.45, 2.75) is 26.1 Å². The molecule has 0 unspecified atom stereocenters. The third kappa shape index (κ3) is 4.73. The second-order valence-corrected chi connectivity index (χ2v) is 5.68. The molecule has 1 amide bonds. The Kier molecular flexibility index (Phi) is 5.69. The Hall–Kier alpha value is -2.54. The van der Waals surface area contributed by atoms with Crippen molar-refractivity contribution in [3.63, 3.8) is 0 Å². The molecule has 0 spiro atoms. The van der Waals surface area contributed by atoms with Crippen molar-refractivity contribution >= 4 is 17.3 Å². The molecule has 0 fully saturated rings. The lowest BCUT2D eigenvalue weighted by Gasteiger charge is -2.19. The summed E-state index contributed by atoms with van der Waals surface area (Å²) in [5.74, 6) is -0.398. The zero-order valence-electron chi connectivity index (χ0n) is 13.8. The number of rotatable bonds is 5. The number of nitrogens with one attached hydrogen (secondary N) is 2. The zero-order valence-corrected chi connectivity index (χ0v) is 13.8. The number of carbonyl (C=O) groups excluding carboxylic acids is 1. The molecule has 0 aromatic heterocycles. The predicted octanol–water partition coefficient (Wildman–Crippen LogP) is 3.95. The summed E-state index contributed by atoms with van der Waals surface area (Å²) in [6, 6.07) is 10.9. The summed E-state index contributed by atoms with van der Waals surface area (Å²) in [5.41, 5.74) is 2.32. The molecule has 0 saturated carbocycles. The Bertz CT molecular complexity index is 760. The molecule has 0 aliphatic heterocycles. The highest BCUT2D eigenvalue weighted by atomic mass is 19.4. The Balaban J connectivity index is 2.06. The second kappa shape index (κ2) is 7.57. The fraction of sp³-hybridized carbons (Fsp3) is 0.278. The van der Waals surface area contributed by atoms with Crippen molar-refractivity contribution in [3.05, 3.63) is 59.2 Å². The number of aliphatic hydroxyl groups excluding tert-OH is 1. The molecule has 0 aliphatic rings. The van der Waals surface area contributed by atoms with Crippen LogP contribution in [0.25, 0.3) is 0 Å². The van der Waals surface area contributed by atoms with E-state index in [4.69, 9.17) is 0 Å². The number of para-hydroxylation sites is 1. The van der Waals surface area contributed by atoms with Crippen LogP contribution in [0.15, 0.2) is 42.5 Å². The van der Waals surface area contributed by atoms with Gasteiger partial charge in [-0.15, -0.1) is 0 Å². The van der Waals surface area contributed by atoms with Gasteiger partial charge in [0.2, 0.25) is 5.91 Å². The molecule has 2 aromatic carbocycles. The number of hydrogen-bond donors (Lipinski definition) is 3. The summed E-state index contributed by atoms with van der Waals surface area (Å²) in [7, 11) is 0. The SMILES string of the molecule is Cc1cccc(NC(=O)CNc2ccccc2[C@@H](O)C(F)(F)F)c1C. The summed E-state index contributed by atoms with van der Waals surface area (Å²) < 4.78 is 38.2. The van der Waals surface area contributed by atoms with Gasteiger partial charge in [-0.2, -0.15) is 13.2 Å². The number of alkyl halides is 3. The topological polar surface area (TPSA) is 61.4 Å². The standard InChI is InChI=1S/C18H19F3N2O2/c1-11-6-5-9-14(12(11)2)23-16(24)10-22-15-8-4-3-7-13(15)17(25)18(19,20)21/h3-9,17,22,25H,10H2,1-2H3,(H,23,24)/t17-/m1/s1. The van der Waals surface area contributed by atoms with E-state index in [1.807, 2.05) is 19.9 Å². The third-order valence-electron chi connectivity index (χ3n) is 3.88. The van der Waals surface area contributed by atoms with Gasteiger partial charge in [0, 0.05) is 16.9 Å². The van der Waals surface area contributed by atoms with Crippen LogP contribution in [-0.2, 0) is 4.79 Å². The van der Waals surface area contributed by atoms with Crippen LogP contribution in [0.2, 0.25) is 0 Å². The van der Waals surface area contributed by atoms with Crippen LogP contribution in [0.5, 0.6) is 0 Å². The van der Waals surface area contributed by atoms with E-state index in [0.717, 1.165) is 11.1 Å². The zero-order chi connectivity index (χ0) is 18.6. The van der Waals surface area contributed by atoms with E-state index in [-0.39, 0.29) is 17.8 Å². The molecule has 1 atom stereocenters. The first-order valence-electron chi connectivity index (χ1n) is 7.64. The predicted molar refractivity (Wildman–Crippen MR) is 90.5 cm³/mol. The van der Waals surface area contributed by atoms with Crippen molar-refractivity contribution in [3.8, 4) is 0 Å². The minimum atomic E-state index is -4.78. The third-order valence-corrected chi connectivity index (χ3v) is 3.88. The molecular formula is C18H19F3N2O2. The molecule has 134 valence electrons. The maximum atomic E-state index is 12.7. The maximum Gasteiger partial charge on any atom is 0.418 e. The first kappa shape index (κ1) is 18.8. The highest BCUT2D eigenvalue weighted by molar-refractivity contribution is 5.94. The number of aliphatic hydroxyl groups is 1. The van der Waals surface area contributed by atoms with Crippen molar-refractivity contribution in [1.29, 1.82) is 0 Å². The van der Waals surface area contributed by atoms with Gasteiger partial charge in [-0.25, -0.2) is 0 Å². The molecule has 2 aromatic rings. The number of anilines is 2. The number of carbonyl (C=O) groups is 1. The van der Waals surface area contributed by atoms with Crippen LogP contribution in [-0.4, -0.2) is 23.7 Å². The largest absolute Gasteiger partial charge is 0.418 e. The minimum Gasteiger partial charge on any atom is -0.379 e. The average Bonchev–Trinajstić information content (AvgIpc) is 2.56. The fourth-order valence-electron chi connectivity index (χ4n) is 2.33. The van der Waals surface area contributed by atoms with Gasteiger partial charge in [-0.05, 0) is 37.1 Å². The molecule has 3 N–H and O–H groups in total. The lowest BCUT2D eigenvalue weighted by molar-refractivity contribution is -0.206. The van der Waals surface area contributed by atoms with Gasteiger partial charge in [0.05, 0.1) is 6.54 Å². The molecule has 4 nitrogen and oxygen atoms in total. The summed E-state index contributed by atoms with van der Waals surface area (Å²) >= 11 is 0. The van der Waals surface area contributed by atoms with Gasteiger partial charge < -0.3 is 15.7 Å². The highest BCUT2D eigenvalue weighted by Gasteiger charge is 2.40. The number of hydrogen-bond acceptors (Lipinski definition) is 3. The van der Waals surface area contributed by atoms with E-state index in [0.29, 0.717) is 5.69 Å². The molecule has 25 heavy (non-hydrogen) atoms. The lowest BCUT2D eigenvalue weighted by Crippen LogP contribution is -2.25. The average molecular weight is 352 g/mol. The molecule has 0 bridgehead atoms. The van der Waals surface area contributed by atoms with Gasteiger partial charge in [-0.1, -0.05) is 30.3 Å². The van der Waals surface area contributed by atoms with Crippen LogP contribution in [0.1, 0.15) is 22.8 Å². The van der Waals surface area contributed by atoms with Crippen molar-refractivity contribution < 1.29 is 23.1 Å². The fourth-order valence-corrected chi connectivity index (χ4v) is 2.33. The molecule has 0 saturated heterocycles. The van der Waals surface area contributed by atoms with Crippen LogP contribution >= 0.6 is 0 Å². The van der Waals surface area contributed by atoms with Crippen molar-refractivity contribution in [2.75, 3.05) is 17.2 Å². The van der Waals surface area contributed by atoms with Crippen molar-refractivity contribution in [2.24, 2.45) is 0 Å². The summed E-state index contributed by atoms with van der Waals surface area (Å²) in [5, 5.41) is 14.8. The molecule has 0 radical (unpaired) electrons. The second-order valence-electron chi connectivity index (χ2n) is 5.68. The van der Waals surface area contributed by atoms with E-state index in [2.05, 4.69) is 10.6 Å². The molecule has 2 rings (SSSR count).